The van der Waals surface area contributed by atoms with Crippen molar-refractivity contribution >= 4 is 55.9 Å². The van der Waals surface area contributed by atoms with Gasteiger partial charge in [-0.05, 0) is 146 Å². The van der Waals surface area contributed by atoms with Crippen LogP contribution in [0.25, 0.3) is 49.8 Å². The lowest BCUT2D eigenvalue weighted by molar-refractivity contribution is 0.106. The Morgan fingerprint density at radius 3 is 1.47 bits per heavy atom. The second-order valence-electron chi connectivity index (χ2n) is 22.5. The van der Waals surface area contributed by atoms with Crippen molar-refractivity contribution in [1.29, 1.82) is 5.26 Å². The summed E-state index contributed by atoms with van der Waals surface area (Å²) in [5.74, 6) is 4.10. The van der Waals surface area contributed by atoms with E-state index in [-0.39, 0.29) is 28.8 Å². The van der Waals surface area contributed by atoms with E-state index >= 15 is 0 Å². The molecule has 3 aliphatic rings. The van der Waals surface area contributed by atoms with Gasteiger partial charge in [-0.1, -0.05) is 71.7 Å². The van der Waals surface area contributed by atoms with Gasteiger partial charge in [-0.2, -0.15) is 5.26 Å². The third-order valence-corrected chi connectivity index (χ3v) is 17.1. The van der Waals surface area contributed by atoms with Crippen LogP contribution in [0.2, 0.25) is 10.0 Å². The fourth-order valence-electron chi connectivity index (χ4n) is 11.9. The lowest BCUT2D eigenvalue weighted by Gasteiger charge is -2.37. The van der Waals surface area contributed by atoms with Crippen LogP contribution in [0, 0.1) is 11.3 Å². The SMILES string of the molecule is CCOc1ccccc1-n1c(C(C)N2CCN(CC#N)CC2)nc2cc(Cl)ccc2c1=O.CCOc1ccccc1-n1c(C(C)N2CCNCC2)nc2cc(Cl)ccc2c1=O.CCOc1ccccc1-n1c(CN2CCCN(C)CC2)nc2ccccc2c1=O. The number of nitriles is 1. The van der Waals surface area contributed by atoms with E-state index in [0.717, 1.165) is 102 Å². The van der Waals surface area contributed by atoms with Crippen molar-refractivity contribution in [3.8, 4) is 40.4 Å². The fourth-order valence-corrected chi connectivity index (χ4v) is 12.3. The van der Waals surface area contributed by atoms with E-state index in [9.17, 15) is 14.4 Å². The summed E-state index contributed by atoms with van der Waals surface area (Å²) in [6.45, 7) is 23.5. The van der Waals surface area contributed by atoms with Gasteiger partial charge in [-0.25, -0.2) is 15.0 Å². The predicted molar refractivity (Wildman–Crippen MR) is 358 cm³/mol. The highest BCUT2D eigenvalue weighted by Gasteiger charge is 2.29. The molecule has 0 radical (unpaired) electrons. The van der Waals surface area contributed by atoms with Crippen molar-refractivity contribution < 1.29 is 14.2 Å². The third kappa shape index (κ3) is 14.9. The number of aromatic nitrogens is 6. The Morgan fingerprint density at radius 1 is 0.511 bits per heavy atom. The zero-order valence-corrected chi connectivity index (χ0v) is 53.7. The molecular weight excluding hydrogens is 1180 g/mol. The molecule has 0 spiro atoms. The maximum absolute atomic E-state index is 13.7. The molecule has 3 aromatic heterocycles. The molecule has 0 aliphatic carbocycles. The number of para-hydroxylation sites is 7. The van der Waals surface area contributed by atoms with Crippen LogP contribution in [0.1, 0.15) is 70.6 Å². The number of ether oxygens (including phenoxy) is 3. The Bertz CT molecular complexity index is 4180. The zero-order valence-electron chi connectivity index (χ0n) is 52.2. The molecule has 0 bridgehead atoms. The van der Waals surface area contributed by atoms with Crippen molar-refractivity contribution in [3.05, 3.63) is 192 Å². The lowest BCUT2D eigenvalue weighted by Crippen LogP contribution is -2.48. The molecule has 21 heteroatoms. The summed E-state index contributed by atoms with van der Waals surface area (Å²) in [5.41, 5.74) is 3.75. The molecule has 0 amide bonds. The molecule has 90 heavy (non-hydrogen) atoms. The summed E-state index contributed by atoms with van der Waals surface area (Å²) in [4.78, 5) is 67.1. The summed E-state index contributed by atoms with van der Waals surface area (Å²) in [6.07, 6.45) is 1.11. The van der Waals surface area contributed by atoms with Gasteiger partial charge < -0.3 is 24.4 Å². The van der Waals surface area contributed by atoms with Crippen LogP contribution in [-0.4, -0.2) is 165 Å². The van der Waals surface area contributed by atoms with Gasteiger partial charge in [-0.3, -0.25) is 47.7 Å². The molecule has 9 aromatic rings. The van der Waals surface area contributed by atoms with Crippen molar-refractivity contribution in [2.24, 2.45) is 0 Å². The van der Waals surface area contributed by atoms with Gasteiger partial charge in [0.1, 0.15) is 34.7 Å². The minimum atomic E-state index is -0.149. The summed E-state index contributed by atoms with van der Waals surface area (Å²) in [7, 11) is 2.16. The number of hydrogen-bond donors (Lipinski definition) is 1. The molecule has 3 saturated heterocycles. The van der Waals surface area contributed by atoms with Gasteiger partial charge in [0.15, 0.2) is 0 Å². The summed E-state index contributed by atoms with van der Waals surface area (Å²) in [5, 5.41) is 15.1. The second kappa shape index (κ2) is 30.7. The number of likely N-dealkylation sites (N-methyl/N-ethyl adjacent to an activating group) is 1. The van der Waals surface area contributed by atoms with Crippen LogP contribution in [0.4, 0.5) is 0 Å². The smallest absolute Gasteiger partial charge is 0.266 e. The fraction of sp³-hybridized carbons (Fsp3) is 0.377. The van der Waals surface area contributed by atoms with Crippen LogP contribution < -0.4 is 36.2 Å². The van der Waals surface area contributed by atoms with E-state index in [2.05, 4.69) is 56.8 Å². The summed E-state index contributed by atoms with van der Waals surface area (Å²) < 4.78 is 22.6. The van der Waals surface area contributed by atoms with Crippen molar-refractivity contribution in [2.45, 2.75) is 59.7 Å². The first-order chi connectivity index (χ1) is 43.8. The van der Waals surface area contributed by atoms with Crippen LogP contribution in [0.3, 0.4) is 0 Å². The van der Waals surface area contributed by atoms with Crippen LogP contribution in [0.15, 0.2) is 148 Å². The number of nitrogens with one attached hydrogen (secondary N) is 1. The predicted octanol–water partition coefficient (Wildman–Crippen LogP) is 9.97. The molecule has 6 heterocycles. The highest BCUT2D eigenvalue weighted by Crippen LogP contribution is 2.32. The van der Waals surface area contributed by atoms with Crippen molar-refractivity contribution in [3.63, 3.8) is 0 Å². The third-order valence-electron chi connectivity index (χ3n) is 16.7. The highest BCUT2D eigenvalue weighted by molar-refractivity contribution is 6.31. The van der Waals surface area contributed by atoms with E-state index < -0.39 is 0 Å². The summed E-state index contributed by atoms with van der Waals surface area (Å²) in [6, 6.07) is 42.9. The van der Waals surface area contributed by atoms with Gasteiger partial charge in [0.25, 0.3) is 16.7 Å². The van der Waals surface area contributed by atoms with E-state index in [1.165, 1.54) is 0 Å². The van der Waals surface area contributed by atoms with Crippen molar-refractivity contribution in [2.75, 3.05) is 112 Å². The van der Waals surface area contributed by atoms with E-state index in [1.807, 2.05) is 118 Å². The lowest BCUT2D eigenvalue weighted by atomic mass is 10.1. The number of benzene rings is 6. The molecule has 6 aromatic carbocycles. The zero-order chi connectivity index (χ0) is 63.3. The first-order valence-corrected chi connectivity index (χ1v) is 31.9. The average molecular weight is 1260 g/mol. The Morgan fingerprint density at radius 2 is 0.956 bits per heavy atom. The normalized spacial score (nSPS) is 16.1. The molecule has 1 N–H and O–H groups in total. The van der Waals surface area contributed by atoms with Crippen LogP contribution >= 0.6 is 23.2 Å². The molecule has 12 rings (SSSR count). The van der Waals surface area contributed by atoms with Gasteiger partial charge >= 0.3 is 0 Å². The molecule has 3 aliphatic heterocycles. The quantitative estimate of drug-likeness (QED) is 0.0901. The number of piperazine rings is 2. The van der Waals surface area contributed by atoms with Gasteiger partial charge in [-0.15, -0.1) is 0 Å². The minimum Gasteiger partial charge on any atom is -0.492 e. The molecule has 19 nitrogen and oxygen atoms in total. The molecule has 3 fully saturated rings. The summed E-state index contributed by atoms with van der Waals surface area (Å²) >= 11 is 12.4. The Labute approximate surface area is 535 Å². The first kappa shape index (κ1) is 64.9. The number of halogens is 2. The number of hydrogen-bond acceptors (Lipinski definition) is 16. The molecule has 0 saturated carbocycles. The largest absolute Gasteiger partial charge is 0.492 e. The molecule has 2 unspecified atom stereocenters. The maximum atomic E-state index is 13.7. The topological polar surface area (TPSA) is 184 Å². The number of fused-ring (bicyclic) bond motifs is 3. The monoisotopic (exact) mass is 1260 g/mol. The van der Waals surface area contributed by atoms with E-state index in [1.54, 1.807) is 50.1 Å². The van der Waals surface area contributed by atoms with Gasteiger partial charge in [0.2, 0.25) is 0 Å². The Hall–Kier alpha value is -8.03. The number of nitrogens with zero attached hydrogens (tertiary/aromatic N) is 12. The van der Waals surface area contributed by atoms with E-state index in [4.69, 9.17) is 57.6 Å². The van der Waals surface area contributed by atoms with Gasteiger partial charge in [0.05, 0.1) is 101 Å². The first-order valence-electron chi connectivity index (χ1n) is 31.1. The van der Waals surface area contributed by atoms with Crippen molar-refractivity contribution in [1.82, 2.24) is 58.5 Å². The van der Waals surface area contributed by atoms with E-state index in [0.29, 0.717) is 110 Å². The highest BCUT2D eigenvalue weighted by atomic mass is 35.5. The van der Waals surface area contributed by atoms with Gasteiger partial charge in [0, 0.05) is 75.5 Å². The molecule has 470 valence electrons. The Kier molecular flexibility index (Phi) is 22.1. The second-order valence-corrected chi connectivity index (χ2v) is 23.3. The van der Waals surface area contributed by atoms with Crippen LogP contribution in [0.5, 0.6) is 17.2 Å². The molecule has 2 atom stereocenters. The number of rotatable bonds is 16. The maximum Gasteiger partial charge on any atom is 0.266 e. The average Bonchev–Trinajstić information content (AvgIpc) is 0.795. The Balaban J connectivity index is 0.000000149. The molecular formula is C69H79Cl2N13O6. The minimum absolute atomic E-state index is 0.0390. The standard InChI is InChI=1S/C24H26ClN5O2.C23H28N4O2.C22H25ClN4O2/c1-3-32-22-7-5-4-6-21(22)30-23(17(2)29-14-12-28(11-10-26)13-15-29)27-20-16-18(25)8-9-19(20)24(30)31;1-3-29-21-12-7-6-11-20(21)27-22(17-26-14-8-13-25(2)15-16-26)24-19-10-5-4-9-18(19)23(27)28;1-3-29-20-7-5-4-6-19(20)27-21(15(2)26-12-10-24-11-13-26)25-18-14-16(23)8-9-17(18)22(27)28/h4-9,16-17H,3,11-15H2,1-2H3;4-7,9-12H,3,8,13-17H2,1-2H3;4-9,14-15,24H,3,10-13H2,1-2H3. The van der Waals surface area contributed by atoms with Crippen LogP contribution in [-0.2, 0) is 6.54 Å².